The number of aromatic amines is 1. The SMILES string of the molecule is CCCCCCCCCCCCCCCCCC(=O)OCCCC[C@@H](COC(=O)[C@@H](NC(c1ccccc1)(c1ccccc1)c1ccccc1)C(C)C)C(=O)OC[C@H]1O[C@@H](n2cnc3c(=O)[nH]c(N)nc32)C[C@@H]1F. The molecule has 0 saturated carbocycles. The lowest BCUT2D eigenvalue weighted by atomic mass is 9.76. The highest BCUT2D eigenvalue weighted by Crippen LogP contribution is 2.38. The number of ether oxygens (including phenoxy) is 4. The first kappa shape index (κ1) is 57.4. The summed E-state index contributed by atoms with van der Waals surface area (Å²) in [6, 6.07) is 29.0. The number of H-pyrrole nitrogens is 1. The van der Waals surface area contributed by atoms with Gasteiger partial charge in [0.1, 0.15) is 37.8 Å². The lowest BCUT2D eigenvalue weighted by molar-refractivity contribution is -0.161. The van der Waals surface area contributed by atoms with Gasteiger partial charge in [-0.05, 0) is 48.3 Å². The fourth-order valence-corrected chi connectivity index (χ4v) is 9.92. The van der Waals surface area contributed by atoms with Crippen molar-refractivity contribution in [2.75, 3.05) is 25.6 Å². The maximum absolute atomic E-state index is 15.6. The van der Waals surface area contributed by atoms with E-state index in [1.54, 1.807) is 0 Å². The topological polar surface area (TPSA) is 190 Å². The number of imidazole rings is 1. The van der Waals surface area contributed by atoms with E-state index >= 15 is 4.39 Å². The van der Waals surface area contributed by atoms with Crippen molar-refractivity contribution in [2.24, 2.45) is 11.8 Å². The molecule has 4 N–H and O–H groups in total. The first-order valence-electron chi connectivity index (χ1n) is 27.5. The number of nitrogens with zero attached hydrogens (tertiary/aromatic N) is 3. The molecule has 1 aliphatic heterocycles. The molecule has 0 unspecified atom stereocenters. The lowest BCUT2D eigenvalue weighted by Crippen LogP contribution is -2.55. The lowest BCUT2D eigenvalue weighted by Gasteiger charge is -2.40. The van der Waals surface area contributed by atoms with Crippen LogP contribution in [0.1, 0.15) is 172 Å². The number of carbonyl (C=O) groups excluding carboxylic acids is 3. The first-order valence-corrected chi connectivity index (χ1v) is 27.5. The fourth-order valence-electron chi connectivity index (χ4n) is 9.92. The first-order chi connectivity index (χ1) is 36.0. The molecule has 14 nitrogen and oxygen atoms in total. The van der Waals surface area contributed by atoms with E-state index in [1.165, 1.54) is 87.9 Å². The maximum atomic E-state index is 15.6. The number of hydrogen-bond acceptors (Lipinski definition) is 12. The third-order valence-corrected chi connectivity index (χ3v) is 14.2. The molecule has 15 heteroatoms. The molecule has 3 aromatic carbocycles. The zero-order valence-electron chi connectivity index (χ0n) is 44.0. The molecule has 6 rings (SSSR count). The molecule has 1 aliphatic rings. The molecule has 0 bridgehead atoms. The van der Waals surface area contributed by atoms with Gasteiger partial charge in [0, 0.05) is 12.8 Å². The minimum absolute atomic E-state index is 0.0289. The van der Waals surface area contributed by atoms with Crippen LogP contribution < -0.4 is 16.6 Å². The number of halogens is 1. The van der Waals surface area contributed by atoms with E-state index < -0.39 is 60.1 Å². The Balaban J connectivity index is 1.03. The Kier molecular flexibility index (Phi) is 23.6. The minimum atomic E-state index is -1.53. The van der Waals surface area contributed by atoms with Crippen LogP contribution in [0.4, 0.5) is 10.3 Å². The number of aromatic nitrogens is 4. The number of hydrogen-bond donors (Lipinski definition) is 3. The van der Waals surface area contributed by atoms with Gasteiger partial charge in [-0.25, -0.2) is 9.37 Å². The number of anilines is 1. The smallest absolute Gasteiger partial charge is 0.323 e. The number of fused-ring (bicyclic) bond motifs is 1. The van der Waals surface area contributed by atoms with Gasteiger partial charge < -0.3 is 24.7 Å². The number of nitrogens with two attached hydrogens (primary N) is 1. The van der Waals surface area contributed by atoms with E-state index in [2.05, 4.69) is 27.2 Å². The van der Waals surface area contributed by atoms with E-state index in [-0.39, 0.29) is 55.1 Å². The summed E-state index contributed by atoms with van der Waals surface area (Å²) in [5, 5.41) is 3.75. The third-order valence-electron chi connectivity index (χ3n) is 14.2. The Hall–Kier alpha value is -5.93. The van der Waals surface area contributed by atoms with Crippen molar-refractivity contribution in [1.82, 2.24) is 24.8 Å². The van der Waals surface area contributed by atoms with E-state index in [0.29, 0.717) is 19.3 Å². The highest BCUT2D eigenvalue weighted by Gasteiger charge is 2.42. The van der Waals surface area contributed by atoms with Gasteiger partial charge in [0.05, 0.1) is 24.4 Å². The second-order valence-electron chi connectivity index (χ2n) is 20.2. The number of unbranched alkanes of at least 4 members (excludes halogenated alkanes) is 15. The van der Waals surface area contributed by atoms with Crippen molar-refractivity contribution >= 4 is 35.0 Å². The predicted octanol–water partition coefficient (Wildman–Crippen LogP) is 11.6. The van der Waals surface area contributed by atoms with Crippen LogP contribution in [0.25, 0.3) is 11.2 Å². The molecule has 74 heavy (non-hydrogen) atoms. The number of carbonyl (C=O) groups is 3. The van der Waals surface area contributed by atoms with Gasteiger partial charge in [0.2, 0.25) is 5.95 Å². The molecule has 5 aromatic rings. The molecule has 2 aromatic heterocycles. The normalized spacial score (nSPS) is 16.6. The van der Waals surface area contributed by atoms with Crippen LogP contribution in [-0.4, -0.2) is 75.6 Å². The maximum Gasteiger partial charge on any atom is 0.323 e. The number of nitrogen functional groups attached to an aromatic ring is 1. The van der Waals surface area contributed by atoms with Crippen LogP contribution in [0.5, 0.6) is 0 Å². The number of rotatable bonds is 34. The van der Waals surface area contributed by atoms with Crippen molar-refractivity contribution in [3.05, 3.63) is 124 Å². The zero-order valence-corrected chi connectivity index (χ0v) is 44.0. The second-order valence-corrected chi connectivity index (χ2v) is 20.2. The van der Waals surface area contributed by atoms with Crippen LogP contribution in [0.2, 0.25) is 0 Å². The monoisotopic (exact) mass is 1020 g/mol. The van der Waals surface area contributed by atoms with Crippen molar-refractivity contribution in [2.45, 2.75) is 179 Å². The van der Waals surface area contributed by atoms with Gasteiger partial charge >= 0.3 is 17.9 Å². The van der Waals surface area contributed by atoms with E-state index in [9.17, 15) is 19.2 Å². The minimum Gasteiger partial charge on any atom is -0.466 e. The van der Waals surface area contributed by atoms with Gasteiger partial charge in [0.15, 0.2) is 11.2 Å². The Labute approximate surface area is 437 Å². The molecule has 0 radical (unpaired) electrons. The standard InChI is InChI=1S/C59H81FN6O8/c1-4-5-6-7-8-9-10-11-12-13-14-15-16-17-27-37-51(67)71-38-29-28-30-44(56(69)73-41-49-48(60)39-50(74-49)66-42-62-53-54(66)63-58(61)64-55(53)68)40-72-57(70)52(43(2)3)65-59(45-31-21-18-22-32-45,46-33-23-19-24-34-46)47-35-25-20-26-36-47/h18-26,31-36,42-44,48-50,52,65H,4-17,27-30,37-41H2,1-3H3,(H3,61,63,64,68)/t44-,48-,49+,50+,52-/m0/s1. The summed E-state index contributed by atoms with van der Waals surface area (Å²) in [4.78, 5) is 64.2. The van der Waals surface area contributed by atoms with E-state index in [4.69, 9.17) is 24.7 Å². The molecule has 402 valence electrons. The molecule has 0 spiro atoms. The average molecular weight is 1020 g/mol. The number of benzene rings is 3. The highest BCUT2D eigenvalue weighted by atomic mass is 19.1. The second kappa shape index (κ2) is 30.4. The summed E-state index contributed by atoms with van der Waals surface area (Å²) >= 11 is 0. The molecule has 3 heterocycles. The van der Waals surface area contributed by atoms with Crippen molar-refractivity contribution in [3.8, 4) is 0 Å². The summed E-state index contributed by atoms with van der Waals surface area (Å²) in [5.41, 5.74) is 7.20. The summed E-state index contributed by atoms with van der Waals surface area (Å²) in [6.07, 6.45) is 18.0. The summed E-state index contributed by atoms with van der Waals surface area (Å²) < 4.78 is 40.4. The molecular formula is C59H81FN6O8. The van der Waals surface area contributed by atoms with Crippen molar-refractivity contribution in [3.63, 3.8) is 0 Å². The molecule has 5 atom stereocenters. The summed E-state index contributed by atoms with van der Waals surface area (Å²) in [6.45, 7) is 5.62. The van der Waals surface area contributed by atoms with E-state index in [0.717, 1.165) is 36.0 Å². The van der Waals surface area contributed by atoms with Crippen molar-refractivity contribution < 1.29 is 37.7 Å². The van der Waals surface area contributed by atoms with Gasteiger partial charge in [-0.3, -0.25) is 34.0 Å². The quantitative estimate of drug-likeness (QED) is 0.0153. The van der Waals surface area contributed by atoms with Crippen LogP contribution in [-0.2, 0) is 38.9 Å². The van der Waals surface area contributed by atoms with E-state index in [1.807, 2.05) is 105 Å². The van der Waals surface area contributed by atoms with Gasteiger partial charge in [0.25, 0.3) is 5.56 Å². The predicted molar refractivity (Wildman–Crippen MR) is 287 cm³/mol. The van der Waals surface area contributed by atoms with Crippen LogP contribution in [0.3, 0.4) is 0 Å². The summed E-state index contributed by atoms with van der Waals surface area (Å²) in [7, 11) is 0. The largest absolute Gasteiger partial charge is 0.466 e. The Morgan fingerprint density at radius 2 is 1.30 bits per heavy atom. The Morgan fingerprint density at radius 3 is 1.84 bits per heavy atom. The molecular weight excluding hydrogens is 940 g/mol. The van der Waals surface area contributed by atoms with Gasteiger partial charge in [-0.2, -0.15) is 4.98 Å². The number of esters is 3. The Bertz CT molecular complexity index is 2390. The summed E-state index contributed by atoms with van der Waals surface area (Å²) in [5.74, 6) is -2.76. The Morgan fingerprint density at radius 1 is 0.757 bits per heavy atom. The average Bonchev–Trinajstić information content (AvgIpc) is 4.01. The van der Waals surface area contributed by atoms with Crippen molar-refractivity contribution in [1.29, 1.82) is 0 Å². The molecule has 0 aliphatic carbocycles. The zero-order chi connectivity index (χ0) is 52.5. The van der Waals surface area contributed by atoms with Crippen LogP contribution in [0.15, 0.2) is 102 Å². The fraction of sp³-hybridized carbons (Fsp3) is 0.559. The van der Waals surface area contributed by atoms with Crippen LogP contribution in [0, 0.1) is 11.8 Å². The molecule has 1 fully saturated rings. The molecule has 0 amide bonds. The van der Waals surface area contributed by atoms with Gasteiger partial charge in [-0.1, -0.05) is 202 Å². The highest BCUT2D eigenvalue weighted by molar-refractivity contribution is 5.78. The van der Waals surface area contributed by atoms with Gasteiger partial charge in [-0.15, -0.1) is 0 Å². The number of alkyl halides is 1. The van der Waals surface area contributed by atoms with Crippen LogP contribution >= 0.6 is 0 Å². The third kappa shape index (κ3) is 16.8. The number of nitrogens with one attached hydrogen (secondary N) is 2. The molecule has 1 saturated heterocycles.